The van der Waals surface area contributed by atoms with E-state index in [-0.39, 0.29) is 10.8 Å². The van der Waals surface area contributed by atoms with Crippen molar-refractivity contribution in [3.63, 3.8) is 0 Å². The maximum absolute atomic E-state index is 12.4. The number of hydrogen-bond donors (Lipinski definition) is 1. The summed E-state index contributed by atoms with van der Waals surface area (Å²) in [5, 5.41) is 3.77. The Kier molecular flexibility index (Phi) is 5.95. The number of carbonyl (C=O) groups excluding carboxylic acids is 1. The molecule has 0 spiro atoms. The smallest absolute Gasteiger partial charge is 0.251 e. The molecule has 0 saturated carbocycles. The van der Waals surface area contributed by atoms with E-state index in [1.54, 1.807) is 23.5 Å². The molecule has 1 amide bonds. The van der Waals surface area contributed by atoms with Gasteiger partial charge in [0.1, 0.15) is 0 Å². The van der Waals surface area contributed by atoms with Gasteiger partial charge in [-0.15, -0.1) is 11.3 Å². The third-order valence-electron chi connectivity index (χ3n) is 3.91. The van der Waals surface area contributed by atoms with Crippen LogP contribution in [-0.2, 0) is 16.4 Å². The molecule has 142 valence electrons. The molecule has 0 aliphatic heterocycles. The molecule has 0 atom stereocenters. The van der Waals surface area contributed by atoms with Crippen LogP contribution in [0.25, 0.3) is 10.2 Å². The van der Waals surface area contributed by atoms with Gasteiger partial charge in [-0.25, -0.2) is 17.7 Å². The molecule has 0 saturated heterocycles. The third kappa shape index (κ3) is 4.37. The van der Waals surface area contributed by atoms with E-state index in [9.17, 15) is 13.2 Å². The minimum atomic E-state index is -3.64. The number of nitrogens with zero attached hydrogens (tertiary/aromatic N) is 2. The van der Waals surface area contributed by atoms with Crippen molar-refractivity contribution in [3.05, 3.63) is 57.5 Å². The Bertz CT molecular complexity index is 1060. The zero-order valence-electron chi connectivity index (χ0n) is 14.8. The molecule has 1 aromatic heterocycles. The van der Waals surface area contributed by atoms with Gasteiger partial charge in [0.05, 0.1) is 20.1 Å². The van der Waals surface area contributed by atoms with Gasteiger partial charge in [0.15, 0.2) is 0 Å². The standard InChI is InChI=1S/C18H18BrN3O3S2/c1-22(2)27(24,25)16-11-12(7-8-13(16)19)18(23)20-10-9-17-21-14-5-3-4-6-15(14)26-17/h3-8,11H,9-10H2,1-2H3,(H,20,23). The minimum Gasteiger partial charge on any atom is -0.352 e. The number of hydrogen-bond acceptors (Lipinski definition) is 5. The molecule has 3 aromatic rings. The van der Waals surface area contributed by atoms with Crippen LogP contribution in [0.2, 0.25) is 0 Å². The van der Waals surface area contributed by atoms with Gasteiger partial charge in [0.2, 0.25) is 10.0 Å². The van der Waals surface area contributed by atoms with Gasteiger partial charge in [-0.3, -0.25) is 4.79 Å². The fourth-order valence-corrected chi connectivity index (χ4v) is 5.26. The monoisotopic (exact) mass is 467 g/mol. The minimum absolute atomic E-state index is 0.0614. The van der Waals surface area contributed by atoms with Crippen LogP contribution in [-0.4, -0.2) is 44.3 Å². The van der Waals surface area contributed by atoms with Crippen LogP contribution in [0.4, 0.5) is 0 Å². The molecule has 0 unspecified atom stereocenters. The van der Waals surface area contributed by atoms with Crippen LogP contribution in [0.1, 0.15) is 15.4 Å². The number of amides is 1. The Labute approximate surface area is 170 Å². The summed E-state index contributed by atoms with van der Waals surface area (Å²) >= 11 is 4.84. The van der Waals surface area contributed by atoms with E-state index in [4.69, 9.17) is 0 Å². The number of benzene rings is 2. The summed E-state index contributed by atoms with van der Waals surface area (Å²) in [5.74, 6) is -0.321. The topological polar surface area (TPSA) is 79.4 Å². The number of para-hydroxylation sites is 1. The number of thiazole rings is 1. The van der Waals surface area contributed by atoms with E-state index in [2.05, 4.69) is 26.2 Å². The van der Waals surface area contributed by atoms with Gasteiger partial charge in [0.25, 0.3) is 5.91 Å². The summed E-state index contributed by atoms with van der Waals surface area (Å²) in [6, 6.07) is 12.4. The lowest BCUT2D eigenvalue weighted by atomic mass is 10.2. The Morgan fingerprint density at radius 3 is 2.67 bits per heavy atom. The molecule has 1 heterocycles. The molecular formula is C18H18BrN3O3S2. The van der Waals surface area contributed by atoms with Gasteiger partial charge in [-0.05, 0) is 46.3 Å². The number of sulfonamides is 1. The van der Waals surface area contributed by atoms with Crippen LogP contribution < -0.4 is 5.32 Å². The Morgan fingerprint density at radius 2 is 1.96 bits per heavy atom. The fraction of sp³-hybridized carbons (Fsp3) is 0.222. The number of carbonyl (C=O) groups is 1. The first-order chi connectivity index (χ1) is 12.8. The molecule has 27 heavy (non-hydrogen) atoms. The first kappa shape index (κ1) is 19.9. The molecule has 0 fully saturated rings. The van der Waals surface area contributed by atoms with E-state index >= 15 is 0 Å². The third-order valence-corrected chi connectivity index (χ3v) is 7.82. The zero-order valence-corrected chi connectivity index (χ0v) is 18.0. The lowest BCUT2D eigenvalue weighted by Crippen LogP contribution is -2.27. The first-order valence-corrected chi connectivity index (χ1v) is 11.2. The molecule has 0 bridgehead atoms. The lowest BCUT2D eigenvalue weighted by Gasteiger charge is -2.14. The van der Waals surface area contributed by atoms with E-state index < -0.39 is 10.0 Å². The van der Waals surface area contributed by atoms with Crippen molar-refractivity contribution in [2.75, 3.05) is 20.6 Å². The van der Waals surface area contributed by atoms with Crippen molar-refractivity contribution in [1.29, 1.82) is 0 Å². The summed E-state index contributed by atoms with van der Waals surface area (Å²) in [7, 11) is -0.742. The second kappa shape index (κ2) is 8.05. The fourth-order valence-electron chi connectivity index (χ4n) is 2.45. The van der Waals surface area contributed by atoms with Gasteiger partial charge in [-0.1, -0.05) is 12.1 Å². The molecule has 0 aliphatic rings. The van der Waals surface area contributed by atoms with Crippen LogP contribution in [0.15, 0.2) is 51.8 Å². The Morgan fingerprint density at radius 1 is 1.22 bits per heavy atom. The van der Waals surface area contributed by atoms with Crippen LogP contribution >= 0.6 is 27.3 Å². The van der Waals surface area contributed by atoms with Gasteiger partial charge in [-0.2, -0.15) is 0 Å². The highest BCUT2D eigenvalue weighted by Crippen LogP contribution is 2.25. The van der Waals surface area contributed by atoms with E-state index in [0.29, 0.717) is 23.0 Å². The number of aromatic nitrogens is 1. The average Bonchev–Trinajstić information content (AvgIpc) is 3.04. The highest BCUT2D eigenvalue weighted by Gasteiger charge is 2.22. The molecule has 3 rings (SSSR count). The maximum Gasteiger partial charge on any atom is 0.251 e. The predicted molar refractivity (Wildman–Crippen MR) is 111 cm³/mol. The van der Waals surface area contributed by atoms with Gasteiger partial charge >= 0.3 is 0 Å². The quantitative estimate of drug-likeness (QED) is 0.602. The summed E-state index contributed by atoms with van der Waals surface area (Å²) in [6.07, 6.45) is 0.616. The molecule has 1 N–H and O–H groups in total. The molecule has 0 aliphatic carbocycles. The van der Waals surface area contributed by atoms with E-state index in [1.165, 1.54) is 20.2 Å². The highest BCUT2D eigenvalue weighted by molar-refractivity contribution is 9.10. The van der Waals surface area contributed by atoms with Crippen molar-refractivity contribution < 1.29 is 13.2 Å². The molecule has 0 radical (unpaired) electrons. The lowest BCUT2D eigenvalue weighted by molar-refractivity contribution is 0.0954. The summed E-state index contributed by atoms with van der Waals surface area (Å²) < 4.78 is 27.4. The van der Waals surface area contributed by atoms with Crippen molar-refractivity contribution in [2.45, 2.75) is 11.3 Å². The number of nitrogens with one attached hydrogen (secondary N) is 1. The van der Waals surface area contributed by atoms with Crippen molar-refractivity contribution in [3.8, 4) is 0 Å². The number of fused-ring (bicyclic) bond motifs is 1. The second-order valence-corrected chi connectivity index (χ2v) is 10.1. The van der Waals surface area contributed by atoms with Crippen LogP contribution in [0.5, 0.6) is 0 Å². The predicted octanol–water partition coefficient (Wildman–Crippen LogP) is 3.28. The number of halogens is 1. The maximum atomic E-state index is 12.4. The van der Waals surface area contributed by atoms with E-state index in [0.717, 1.165) is 19.5 Å². The zero-order chi connectivity index (χ0) is 19.6. The van der Waals surface area contributed by atoms with Gasteiger partial charge < -0.3 is 5.32 Å². The molecule has 2 aromatic carbocycles. The van der Waals surface area contributed by atoms with Gasteiger partial charge in [0, 0.05) is 37.1 Å². The summed E-state index contributed by atoms with van der Waals surface area (Å²) in [5.41, 5.74) is 1.25. The molecule has 9 heteroatoms. The SMILES string of the molecule is CN(C)S(=O)(=O)c1cc(C(=O)NCCc2nc3ccccc3s2)ccc1Br. The van der Waals surface area contributed by atoms with E-state index in [1.807, 2.05) is 24.3 Å². The first-order valence-electron chi connectivity index (χ1n) is 8.14. The largest absolute Gasteiger partial charge is 0.352 e. The Hall–Kier alpha value is -1.81. The molecular weight excluding hydrogens is 450 g/mol. The number of rotatable bonds is 6. The van der Waals surface area contributed by atoms with Crippen molar-refractivity contribution in [1.82, 2.24) is 14.6 Å². The second-order valence-electron chi connectivity index (χ2n) is 6.01. The summed E-state index contributed by atoms with van der Waals surface area (Å²) in [4.78, 5) is 17.0. The molecule has 6 nitrogen and oxygen atoms in total. The average molecular weight is 468 g/mol. The Balaban J connectivity index is 1.69. The van der Waals surface area contributed by atoms with Crippen LogP contribution in [0.3, 0.4) is 0 Å². The van der Waals surface area contributed by atoms with Crippen LogP contribution in [0, 0.1) is 0 Å². The van der Waals surface area contributed by atoms with Crippen molar-refractivity contribution >= 4 is 53.4 Å². The normalized spacial score (nSPS) is 11.9. The highest BCUT2D eigenvalue weighted by atomic mass is 79.9. The summed E-state index contributed by atoms with van der Waals surface area (Å²) in [6.45, 7) is 0.421. The van der Waals surface area contributed by atoms with Crippen molar-refractivity contribution in [2.24, 2.45) is 0 Å².